The summed E-state index contributed by atoms with van der Waals surface area (Å²) in [4.78, 5) is 13.0. The predicted octanol–water partition coefficient (Wildman–Crippen LogP) is 0.903. The first-order chi connectivity index (χ1) is 7.40. The molecule has 0 heterocycles. The summed E-state index contributed by atoms with van der Waals surface area (Å²) in [7, 11) is -3.58. The van der Waals surface area contributed by atoms with Gasteiger partial charge in [0.05, 0.1) is 0 Å². The number of hydrogen-bond acceptors (Lipinski definition) is 4. The third kappa shape index (κ3) is 8.22. The molecule has 96 valence electrons. The zero-order chi connectivity index (χ0) is 12.6. The minimum atomic E-state index is -3.58. The topological polar surface area (TPSA) is 63.7 Å². The molecule has 0 saturated heterocycles. The monoisotopic (exact) mass is 359 g/mol. The summed E-state index contributed by atoms with van der Waals surface area (Å²) < 4.78 is 26.2. The fraction of sp³-hybridized carbons (Fsp3) is 0.889. The fourth-order valence-corrected chi connectivity index (χ4v) is 2.15. The van der Waals surface area contributed by atoms with E-state index in [2.05, 4.69) is 4.18 Å². The van der Waals surface area contributed by atoms with Gasteiger partial charge in [-0.2, -0.15) is 0 Å². The third-order valence-electron chi connectivity index (χ3n) is 2.01. The van der Waals surface area contributed by atoms with E-state index in [9.17, 15) is 13.2 Å². The van der Waals surface area contributed by atoms with Crippen LogP contribution in [0.1, 0.15) is 39.5 Å². The van der Waals surface area contributed by atoms with Gasteiger partial charge in [-0.05, 0) is 0 Å². The van der Waals surface area contributed by atoms with Gasteiger partial charge in [-0.3, -0.25) is 0 Å². The van der Waals surface area contributed by atoms with Gasteiger partial charge in [0, 0.05) is 0 Å². The van der Waals surface area contributed by atoms with Crippen molar-refractivity contribution in [3.8, 4) is 0 Å². The molecular formula is C9H20NO4SSb. The summed E-state index contributed by atoms with van der Waals surface area (Å²) in [5.74, 6) is 0. The van der Waals surface area contributed by atoms with Crippen molar-refractivity contribution in [2.24, 2.45) is 0 Å². The summed E-state index contributed by atoms with van der Waals surface area (Å²) in [5, 5.41) is 0. The second kappa shape index (κ2) is 8.18. The molecule has 16 heavy (non-hydrogen) atoms. The second-order valence-corrected chi connectivity index (χ2v) is 9.63. The molecule has 0 aliphatic carbocycles. The van der Waals surface area contributed by atoms with E-state index in [4.69, 9.17) is 0 Å². The summed E-state index contributed by atoms with van der Waals surface area (Å²) in [5.41, 5.74) is 0. The summed E-state index contributed by atoms with van der Waals surface area (Å²) in [6, 6.07) is 0. The van der Waals surface area contributed by atoms with Crippen molar-refractivity contribution in [3.63, 3.8) is 0 Å². The molecule has 0 fully saturated rings. The number of carbonyl (C=O) groups is 1. The summed E-state index contributed by atoms with van der Waals surface area (Å²) >= 11 is -0.0989. The Bertz CT molecular complexity index is 297. The Morgan fingerprint density at radius 1 is 1.19 bits per heavy atom. The molecule has 0 aromatic rings. The Labute approximate surface area is 110 Å². The van der Waals surface area contributed by atoms with Gasteiger partial charge in [-0.1, -0.05) is 0 Å². The Balaban J connectivity index is 4.30. The maximum absolute atomic E-state index is 11.5. The average molecular weight is 360 g/mol. The second-order valence-electron chi connectivity index (χ2n) is 3.54. The van der Waals surface area contributed by atoms with Crippen LogP contribution in [-0.2, 0) is 11.4 Å². The van der Waals surface area contributed by atoms with Crippen molar-refractivity contribution >= 4 is 34.9 Å². The van der Waals surface area contributed by atoms with Crippen LogP contribution in [0.3, 0.4) is 0 Å². The van der Waals surface area contributed by atoms with E-state index in [1.165, 1.54) is 4.90 Å². The van der Waals surface area contributed by atoms with Crippen molar-refractivity contribution in [2.75, 3.05) is 13.1 Å². The number of unbranched alkanes of at least 4 members (excludes halogenated alkanes) is 2. The van der Waals surface area contributed by atoms with Crippen molar-refractivity contribution in [1.82, 2.24) is 4.90 Å². The molecule has 0 aromatic carbocycles. The number of nitrogens with zero attached hydrogens (tertiary/aromatic N) is 1. The van der Waals surface area contributed by atoms with Crippen LogP contribution in [0.5, 0.6) is 0 Å². The van der Waals surface area contributed by atoms with Crippen LogP contribution < -0.4 is 0 Å². The maximum atomic E-state index is 11.5. The molecule has 0 saturated carbocycles. The van der Waals surface area contributed by atoms with Gasteiger partial charge < -0.3 is 0 Å². The quantitative estimate of drug-likeness (QED) is 0.633. The van der Waals surface area contributed by atoms with E-state index in [1.54, 1.807) is 0 Å². The molecular weight excluding hydrogens is 340 g/mol. The van der Waals surface area contributed by atoms with Crippen LogP contribution in [-0.4, -0.2) is 54.1 Å². The van der Waals surface area contributed by atoms with Gasteiger partial charge in [-0.25, -0.2) is 0 Å². The molecule has 0 rings (SSSR count). The molecule has 0 unspecified atom stereocenters. The van der Waals surface area contributed by atoms with E-state index >= 15 is 0 Å². The van der Waals surface area contributed by atoms with Gasteiger partial charge in [0.1, 0.15) is 0 Å². The molecule has 7 heteroatoms. The zero-order valence-electron chi connectivity index (χ0n) is 9.81. The first-order valence-electron chi connectivity index (χ1n) is 5.41. The van der Waals surface area contributed by atoms with Crippen LogP contribution in [0.25, 0.3) is 0 Å². The molecule has 0 N–H and O–H groups in total. The molecule has 1 amide bonds. The minimum absolute atomic E-state index is 0.0989. The van der Waals surface area contributed by atoms with Crippen LogP contribution >= 0.6 is 0 Å². The average Bonchev–Trinajstić information content (AvgIpc) is 2.15. The number of carbonyl (C=O) groups excluding carboxylic acids is 1. The summed E-state index contributed by atoms with van der Waals surface area (Å²) in [6.07, 6.45) is 2.92. The first-order valence-corrected chi connectivity index (χ1v) is 10.9. The van der Waals surface area contributed by atoms with Crippen molar-refractivity contribution in [1.29, 1.82) is 0 Å². The van der Waals surface area contributed by atoms with E-state index in [-0.39, 0.29) is 21.6 Å². The van der Waals surface area contributed by atoms with Crippen molar-refractivity contribution < 1.29 is 17.4 Å². The molecule has 5 nitrogen and oxygen atoms in total. The van der Waals surface area contributed by atoms with E-state index in [0.29, 0.717) is 13.1 Å². The van der Waals surface area contributed by atoms with Gasteiger partial charge in [-0.15, -0.1) is 0 Å². The van der Waals surface area contributed by atoms with Crippen LogP contribution in [0, 0.1) is 0 Å². The van der Waals surface area contributed by atoms with Crippen LogP contribution in [0.15, 0.2) is 0 Å². The first kappa shape index (κ1) is 16.0. The van der Waals surface area contributed by atoms with E-state index < -0.39 is 13.3 Å². The normalized spacial score (nSPS) is 11.2. The number of amides is 1. The zero-order valence-corrected chi connectivity index (χ0v) is 13.9. The molecule has 0 bridgehead atoms. The number of hydrogen-bond donors (Lipinski definition) is 0. The SMILES string of the molecule is CCCCN(CCCC)C(=O)O[S](=O)(=O)[SbH2]. The molecule has 0 spiro atoms. The predicted molar refractivity (Wildman–Crippen MR) is 65.3 cm³/mol. The van der Waals surface area contributed by atoms with Crippen LogP contribution in [0.4, 0.5) is 4.79 Å². The molecule has 0 atom stereocenters. The Morgan fingerprint density at radius 2 is 1.62 bits per heavy atom. The Hall–Kier alpha value is 0.0382. The molecule has 0 aromatic heterocycles. The Morgan fingerprint density at radius 3 is 1.94 bits per heavy atom. The molecule has 0 aliphatic rings. The van der Waals surface area contributed by atoms with Gasteiger partial charge in [0.15, 0.2) is 0 Å². The van der Waals surface area contributed by atoms with E-state index in [1.807, 2.05) is 13.8 Å². The number of rotatable bonds is 7. The fourth-order valence-electron chi connectivity index (χ4n) is 1.14. The van der Waals surface area contributed by atoms with Crippen LogP contribution in [0.2, 0.25) is 0 Å². The molecule has 0 radical (unpaired) electrons. The van der Waals surface area contributed by atoms with Gasteiger partial charge in [0.2, 0.25) is 0 Å². The third-order valence-corrected chi connectivity index (χ3v) is 3.21. The van der Waals surface area contributed by atoms with Gasteiger partial charge >= 0.3 is 110 Å². The van der Waals surface area contributed by atoms with Gasteiger partial charge in [0.25, 0.3) is 0 Å². The van der Waals surface area contributed by atoms with Crippen molar-refractivity contribution in [2.45, 2.75) is 39.5 Å². The van der Waals surface area contributed by atoms with E-state index in [0.717, 1.165) is 25.7 Å². The summed E-state index contributed by atoms with van der Waals surface area (Å²) in [6.45, 7) is 5.16. The Kier molecular flexibility index (Phi) is 8.20. The standard InChI is InChI=1S/C9H18NO4S.Sb.2H/c1-3-5-7-10(8-6-4-2)9(11)14-15(12)13;;;/h3-8H2,1-2H3;;;. The molecule has 0 aliphatic heterocycles. The van der Waals surface area contributed by atoms with Crippen molar-refractivity contribution in [3.05, 3.63) is 0 Å².